The maximum absolute atomic E-state index is 12.5. The number of para-hydroxylation sites is 1. The Hall–Kier alpha value is -1.55. The van der Waals surface area contributed by atoms with Crippen LogP contribution in [0.1, 0.15) is 28.8 Å². The molecule has 1 aromatic carbocycles. The molecule has 104 valence electrons. The minimum Gasteiger partial charge on any atom is -0.385 e. The molecule has 0 atom stereocenters. The van der Waals surface area contributed by atoms with Crippen molar-refractivity contribution in [1.29, 1.82) is 0 Å². The van der Waals surface area contributed by atoms with Crippen LogP contribution in [0.4, 0.5) is 5.69 Å². The number of anilines is 1. The van der Waals surface area contributed by atoms with Crippen LogP contribution in [-0.4, -0.2) is 44.7 Å². The first-order valence-electron chi connectivity index (χ1n) is 6.84. The number of carbonyl (C=O) groups excluding carboxylic acids is 1. The van der Waals surface area contributed by atoms with Crippen molar-refractivity contribution < 1.29 is 9.53 Å². The van der Waals surface area contributed by atoms with Crippen LogP contribution in [0.15, 0.2) is 18.2 Å². The lowest BCUT2D eigenvalue weighted by molar-refractivity contribution is 0.0780. The first kappa shape index (κ1) is 13.9. The van der Waals surface area contributed by atoms with E-state index in [1.165, 1.54) is 5.56 Å². The summed E-state index contributed by atoms with van der Waals surface area (Å²) in [7, 11) is 3.53. The molecule has 1 aliphatic rings. The number of hydrogen-bond acceptors (Lipinski definition) is 3. The van der Waals surface area contributed by atoms with Crippen LogP contribution < -0.4 is 5.32 Å². The van der Waals surface area contributed by atoms with Crippen LogP contribution in [0.5, 0.6) is 0 Å². The third-order valence-electron chi connectivity index (χ3n) is 3.49. The second kappa shape index (κ2) is 6.57. The minimum atomic E-state index is 0.0855. The highest BCUT2D eigenvalue weighted by atomic mass is 16.5. The number of aryl methyl sites for hydroxylation is 1. The standard InChI is InChI=1S/C15H22N2O2/c1-17(10-5-11-19-2)15(18)13-8-3-6-12-7-4-9-16-14(12)13/h3,6,8,16H,4-5,7,9-11H2,1-2H3. The van der Waals surface area contributed by atoms with Gasteiger partial charge in [-0.25, -0.2) is 0 Å². The van der Waals surface area contributed by atoms with Gasteiger partial charge in [-0.3, -0.25) is 4.79 Å². The summed E-state index contributed by atoms with van der Waals surface area (Å²) in [6, 6.07) is 5.98. The number of amides is 1. The first-order chi connectivity index (χ1) is 9.24. The molecule has 1 heterocycles. The molecular formula is C15H22N2O2. The minimum absolute atomic E-state index is 0.0855. The Labute approximate surface area is 114 Å². The van der Waals surface area contributed by atoms with E-state index in [9.17, 15) is 4.79 Å². The molecule has 1 amide bonds. The average molecular weight is 262 g/mol. The summed E-state index contributed by atoms with van der Waals surface area (Å²) in [6.45, 7) is 2.35. The summed E-state index contributed by atoms with van der Waals surface area (Å²) in [6.07, 6.45) is 3.05. The Kier molecular flexibility index (Phi) is 4.80. The zero-order valence-electron chi connectivity index (χ0n) is 11.7. The molecule has 0 fully saturated rings. The molecule has 0 aliphatic carbocycles. The number of fused-ring (bicyclic) bond motifs is 1. The molecule has 0 bridgehead atoms. The lowest BCUT2D eigenvalue weighted by Gasteiger charge is -2.23. The highest BCUT2D eigenvalue weighted by Crippen LogP contribution is 2.26. The number of methoxy groups -OCH3 is 1. The molecule has 0 radical (unpaired) electrons. The van der Waals surface area contributed by atoms with E-state index >= 15 is 0 Å². The fraction of sp³-hybridized carbons (Fsp3) is 0.533. The SMILES string of the molecule is COCCCN(C)C(=O)c1cccc2c1NCCC2. The monoisotopic (exact) mass is 262 g/mol. The van der Waals surface area contributed by atoms with Crippen LogP contribution in [0.25, 0.3) is 0 Å². The Balaban J connectivity index is 2.10. The largest absolute Gasteiger partial charge is 0.385 e. The summed E-state index contributed by atoms with van der Waals surface area (Å²) in [4.78, 5) is 14.2. The summed E-state index contributed by atoms with van der Waals surface area (Å²) in [5.74, 6) is 0.0855. The van der Waals surface area contributed by atoms with Crippen molar-refractivity contribution in [1.82, 2.24) is 4.90 Å². The van der Waals surface area contributed by atoms with Crippen LogP contribution in [0, 0.1) is 0 Å². The van der Waals surface area contributed by atoms with E-state index in [4.69, 9.17) is 4.74 Å². The number of rotatable bonds is 5. The quantitative estimate of drug-likeness (QED) is 0.827. The third kappa shape index (κ3) is 3.26. The fourth-order valence-electron chi connectivity index (χ4n) is 2.44. The van der Waals surface area contributed by atoms with Gasteiger partial charge in [0.25, 0.3) is 5.91 Å². The second-order valence-corrected chi connectivity index (χ2v) is 4.94. The van der Waals surface area contributed by atoms with E-state index in [0.717, 1.165) is 43.6 Å². The highest BCUT2D eigenvalue weighted by Gasteiger charge is 2.19. The van der Waals surface area contributed by atoms with Gasteiger partial charge in [-0.05, 0) is 30.9 Å². The predicted octanol–water partition coefficient (Wildman–Crippen LogP) is 2.15. The van der Waals surface area contributed by atoms with E-state index in [1.807, 2.05) is 19.2 Å². The van der Waals surface area contributed by atoms with Gasteiger partial charge in [-0.2, -0.15) is 0 Å². The van der Waals surface area contributed by atoms with E-state index < -0.39 is 0 Å². The van der Waals surface area contributed by atoms with Gasteiger partial charge < -0.3 is 15.0 Å². The molecule has 19 heavy (non-hydrogen) atoms. The zero-order chi connectivity index (χ0) is 13.7. The van der Waals surface area contributed by atoms with Gasteiger partial charge in [0.05, 0.1) is 11.3 Å². The Bertz CT molecular complexity index is 446. The van der Waals surface area contributed by atoms with E-state index in [1.54, 1.807) is 12.0 Å². The second-order valence-electron chi connectivity index (χ2n) is 4.94. The highest BCUT2D eigenvalue weighted by molar-refractivity contribution is 6.00. The van der Waals surface area contributed by atoms with Crippen molar-refractivity contribution in [3.05, 3.63) is 29.3 Å². The Morgan fingerprint density at radius 3 is 3.11 bits per heavy atom. The molecule has 1 N–H and O–H groups in total. The third-order valence-corrected chi connectivity index (χ3v) is 3.49. The molecule has 4 heteroatoms. The van der Waals surface area contributed by atoms with Gasteiger partial charge in [0.1, 0.15) is 0 Å². The fourth-order valence-corrected chi connectivity index (χ4v) is 2.44. The molecule has 0 aromatic heterocycles. The molecule has 0 saturated carbocycles. The summed E-state index contributed by atoms with van der Waals surface area (Å²) < 4.78 is 5.02. The Morgan fingerprint density at radius 2 is 2.32 bits per heavy atom. The lowest BCUT2D eigenvalue weighted by atomic mass is 9.99. The molecule has 0 unspecified atom stereocenters. The van der Waals surface area contributed by atoms with Crippen LogP contribution in [0.2, 0.25) is 0 Å². The molecule has 0 saturated heterocycles. The van der Waals surface area contributed by atoms with Crippen molar-refractivity contribution in [2.45, 2.75) is 19.3 Å². The molecule has 0 spiro atoms. The van der Waals surface area contributed by atoms with Gasteiger partial charge >= 0.3 is 0 Å². The van der Waals surface area contributed by atoms with Crippen LogP contribution in [0.3, 0.4) is 0 Å². The number of ether oxygens (including phenoxy) is 1. The number of nitrogens with one attached hydrogen (secondary N) is 1. The van der Waals surface area contributed by atoms with E-state index in [2.05, 4.69) is 11.4 Å². The topological polar surface area (TPSA) is 41.6 Å². The predicted molar refractivity (Wildman–Crippen MR) is 76.7 cm³/mol. The van der Waals surface area contributed by atoms with Crippen molar-refractivity contribution in [3.63, 3.8) is 0 Å². The summed E-state index contributed by atoms with van der Waals surface area (Å²) in [5, 5.41) is 3.36. The van der Waals surface area contributed by atoms with Gasteiger partial charge in [0.15, 0.2) is 0 Å². The maximum atomic E-state index is 12.5. The summed E-state index contributed by atoms with van der Waals surface area (Å²) in [5.41, 5.74) is 3.07. The molecule has 1 aliphatic heterocycles. The first-order valence-corrected chi connectivity index (χ1v) is 6.84. The van der Waals surface area contributed by atoms with E-state index in [0.29, 0.717) is 6.61 Å². The number of benzene rings is 1. The number of carbonyl (C=O) groups is 1. The number of hydrogen-bond donors (Lipinski definition) is 1. The molecule has 1 aromatic rings. The number of nitrogens with zero attached hydrogens (tertiary/aromatic N) is 1. The van der Waals surface area contributed by atoms with Crippen molar-refractivity contribution in [3.8, 4) is 0 Å². The van der Waals surface area contributed by atoms with Crippen molar-refractivity contribution >= 4 is 11.6 Å². The maximum Gasteiger partial charge on any atom is 0.255 e. The summed E-state index contributed by atoms with van der Waals surface area (Å²) >= 11 is 0. The molecular weight excluding hydrogens is 240 g/mol. The van der Waals surface area contributed by atoms with Crippen LogP contribution >= 0.6 is 0 Å². The van der Waals surface area contributed by atoms with E-state index in [-0.39, 0.29) is 5.91 Å². The van der Waals surface area contributed by atoms with Gasteiger partial charge in [-0.1, -0.05) is 12.1 Å². The Morgan fingerprint density at radius 1 is 1.47 bits per heavy atom. The van der Waals surface area contributed by atoms with Gasteiger partial charge in [0, 0.05) is 33.9 Å². The normalized spacial score (nSPS) is 13.6. The van der Waals surface area contributed by atoms with Crippen molar-refractivity contribution in [2.75, 3.05) is 39.2 Å². The molecule has 4 nitrogen and oxygen atoms in total. The smallest absolute Gasteiger partial charge is 0.255 e. The lowest BCUT2D eigenvalue weighted by Crippen LogP contribution is -2.30. The van der Waals surface area contributed by atoms with Gasteiger partial charge in [-0.15, -0.1) is 0 Å². The molecule has 2 rings (SSSR count). The average Bonchev–Trinajstić information content (AvgIpc) is 2.46. The van der Waals surface area contributed by atoms with Gasteiger partial charge in [0.2, 0.25) is 0 Å². The van der Waals surface area contributed by atoms with Crippen LogP contribution in [-0.2, 0) is 11.2 Å². The van der Waals surface area contributed by atoms with Crippen molar-refractivity contribution in [2.24, 2.45) is 0 Å². The zero-order valence-corrected chi connectivity index (χ0v) is 11.7.